The summed E-state index contributed by atoms with van der Waals surface area (Å²) < 4.78 is 6.63. The highest BCUT2D eigenvalue weighted by Gasteiger charge is 2.17. The first-order valence-electron chi connectivity index (χ1n) is 5.86. The summed E-state index contributed by atoms with van der Waals surface area (Å²) in [5.74, 6) is -1.30. The van der Waals surface area contributed by atoms with Crippen molar-refractivity contribution in [3.8, 4) is 0 Å². The molecular formula is C12H14N4O3. The third kappa shape index (κ3) is 2.54. The standard InChI is InChI=1S/C12H14N4O3/c1-3-16-10-5-4-8(6-9(10)14-15-16)12(18)19-7(2)11(13)17/h4-7H,3H2,1-2H3,(H2,13,17)/t7-/m0/s1. The van der Waals surface area contributed by atoms with Crippen LogP contribution in [0.25, 0.3) is 11.0 Å². The lowest BCUT2D eigenvalue weighted by molar-refractivity contribution is -0.125. The number of carbonyl (C=O) groups is 2. The van der Waals surface area contributed by atoms with Crippen LogP contribution in [0.15, 0.2) is 18.2 Å². The van der Waals surface area contributed by atoms with Crippen molar-refractivity contribution in [1.82, 2.24) is 15.0 Å². The van der Waals surface area contributed by atoms with Gasteiger partial charge in [-0.15, -0.1) is 5.10 Å². The van der Waals surface area contributed by atoms with Gasteiger partial charge in [0, 0.05) is 6.54 Å². The highest BCUT2D eigenvalue weighted by atomic mass is 16.5. The van der Waals surface area contributed by atoms with Crippen LogP contribution in [0.3, 0.4) is 0 Å². The quantitative estimate of drug-likeness (QED) is 0.808. The molecule has 0 aliphatic carbocycles. The fourth-order valence-electron chi connectivity index (χ4n) is 1.62. The summed E-state index contributed by atoms with van der Waals surface area (Å²) in [4.78, 5) is 22.6. The second-order valence-electron chi connectivity index (χ2n) is 4.06. The van der Waals surface area contributed by atoms with Crippen molar-refractivity contribution in [3.63, 3.8) is 0 Å². The van der Waals surface area contributed by atoms with Crippen LogP contribution in [-0.4, -0.2) is 33.0 Å². The Hall–Kier alpha value is -2.44. The second kappa shape index (κ2) is 5.05. The molecule has 7 nitrogen and oxygen atoms in total. The minimum atomic E-state index is -0.963. The molecule has 1 atom stereocenters. The maximum Gasteiger partial charge on any atom is 0.338 e. The molecule has 0 bridgehead atoms. The van der Waals surface area contributed by atoms with Crippen molar-refractivity contribution >= 4 is 22.9 Å². The molecule has 100 valence electrons. The Morgan fingerprint density at radius 3 is 2.84 bits per heavy atom. The largest absolute Gasteiger partial charge is 0.449 e. The van der Waals surface area contributed by atoms with E-state index in [9.17, 15) is 9.59 Å². The number of fused-ring (bicyclic) bond motifs is 1. The van der Waals surface area contributed by atoms with Gasteiger partial charge >= 0.3 is 5.97 Å². The van der Waals surface area contributed by atoms with Crippen molar-refractivity contribution in [1.29, 1.82) is 0 Å². The molecule has 7 heteroatoms. The van der Waals surface area contributed by atoms with Gasteiger partial charge < -0.3 is 10.5 Å². The molecule has 1 amide bonds. The number of hydrogen-bond acceptors (Lipinski definition) is 5. The molecule has 0 radical (unpaired) electrons. The molecule has 0 spiro atoms. The van der Waals surface area contributed by atoms with Crippen LogP contribution in [0.4, 0.5) is 0 Å². The van der Waals surface area contributed by atoms with Gasteiger partial charge in [0.1, 0.15) is 5.52 Å². The highest BCUT2D eigenvalue weighted by molar-refractivity contribution is 5.95. The molecule has 1 aromatic heterocycles. The van der Waals surface area contributed by atoms with Gasteiger partial charge in [0.25, 0.3) is 5.91 Å². The van der Waals surface area contributed by atoms with E-state index in [1.807, 2.05) is 6.92 Å². The number of ether oxygens (including phenoxy) is 1. The van der Waals surface area contributed by atoms with Crippen LogP contribution in [0, 0.1) is 0 Å². The topological polar surface area (TPSA) is 100 Å². The lowest BCUT2D eigenvalue weighted by atomic mass is 10.2. The van der Waals surface area contributed by atoms with E-state index in [2.05, 4.69) is 10.3 Å². The fraction of sp³-hybridized carbons (Fsp3) is 0.333. The smallest absolute Gasteiger partial charge is 0.338 e. The molecule has 0 aliphatic rings. The summed E-state index contributed by atoms with van der Waals surface area (Å²) in [6.45, 7) is 4.07. The molecule has 0 unspecified atom stereocenters. The van der Waals surface area contributed by atoms with E-state index in [0.29, 0.717) is 17.6 Å². The van der Waals surface area contributed by atoms with Crippen molar-refractivity contribution in [2.24, 2.45) is 5.73 Å². The molecule has 2 N–H and O–H groups in total. The number of nitrogens with two attached hydrogens (primary N) is 1. The molecular weight excluding hydrogens is 248 g/mol. The molecule has 0 saturated carbocycles. The summed E-state index contributed by atoms with van der Waals surface area (Å²) in [5.41, 5.74) is 6.78. The van der Waals surface area contributed by atoms with Crippen LogP contribution < -0.4 is 5.73 Å². The average Bonchev–Trinajstić information content (AvgIpc) is 2.80. The lowest BCUT2D eigenvalue weighted by Crippen LogP contribution is -2.30. The number of carbonyl (C=O) groups excluding carboxylic acids is 2. The van der Waals surface area contributed by atoms with E-state index in [1.165, 1.54) is 6.92 Å². The van der Waals surface area contributed by atoms with Crippen LogP contribution in [-0.2, 0) is 16.1 Å². The molecule has 1 aromatic carbocycles. The summed E-state index contributed by atoms with van der Waals surface area (Å²) in [5, 5.41) is 7.90. The number of aromatic nitrogens is 3. The van der Waals surface area contributed by atoms with Crippen LogP contribution in [0.2, 0.25) is 0 Å². The van der Waals surface area contributed by atoms with E-state index < -0.39 is 18.0 Å². The normalized spacial score (nSPS) is 12.3. The average molecular weight is 262 g/mol. The Morgan fingerprint density at radius 2 is 2.21 bits per heavy atom. The molecule has 2 rings (SSSR count). The van der Waals surface area contributed by atoms with Crippen molar-refractivity contribution in [2.75, 3.05) is 0 Å². The Morgan fingerprint density at radius 1 is 1.47 bits per heavy atom. The number of primary amides is 1. The van der Waals surface area contributed by atoms with E-state index in [1.54, 1.807) is 22.9 Å². The van der Waals surface area contributed by atoms with Crippen LogP contribution in [0.5, 0.6) is 0 Å². The third-order valence-electron chi connectivity index (χ3n) is 2.73. The zero-order valence-electron chi connectivity index (χ0n) is 10.7. The monoisotopic (exact) mass is 262 g/mol. The van der Waals surface area contributed by atoms with Crippen molar-refractivity contribution < 1.29 is 14.3 Å². The van der Waals surface area contributed by atoms with Gasteiger partial charge in [0.2, 0.25) is 0 Å². The van der Waals surface area contributed by atoms with Gasteiger partial charge in [0.15, 0.2) is 6.10 Å². The Balaban J connectivity index is 2.26. The second-order valence-corrected chi connectivity index (χ2v) is 4.06. The fourth-order valence-corrected chi connectivity index (χ4v) is 1.62. The maximum atomic E-state index is 11.8. The highest BCUT2D eigenvalue weighted by Crippen LogP contribution is 2.14. The molecule has 19 heavy (non-hydrogen) atoms. The number of aryl methyl sites for hydroxylation is 1. The van der Waals surface area contributed by atoms with Gasteiger partial charge in [-0.05, 0) is 32.0 Å². The van der Waals surface area contributed by atoms with Gasteiger partial charge in [-0.2, -0.15) is 0 Å². The number of benzene rings is 1. The molecule has 0 saturated heterocycles. The van der Waals surface area contributed by atoms with Gasteiger partial charge in [-0.25, -0.2) is 9.48 Å². The van der Waals surface area contributed by atoms with E-state index in [-0.39, 0.29) is 0 Å². The lowest BCUT2D eigenvalue weighted by Gasteiger charge is -2.09. The number of rotatable bonds is 4. The van der Waals surface area contributed by atoms with Crippen molar-refractivity contribution in [3.05, 3.63) is 23.8 Å². The summed E-state index contributed by atoms with van der Waals surface area (Å²) >= 11 is 0. The number of hydrogen-bond donors (Lipinski definition) is 1. The maximum absolute atomic E-state index is 11.8. The SMILES string of the molecule is CCn1nnc2cc(C(=O)O[C@@H](C)C(N)=O)ccc21. The van der Waals surface area contributed by atoms with Gasteiger partial charge in [-0.1, -0.05) is 5.21 Å². The van der Waals surface area contributed by atoms with E-state index in [4.69, 9.17) is 10.5 Å². The predicted octanol–water partition coefficient (Wildman–Crippen LogP) is 0.482. The first-order valence-corrected chi connectivity index (χ1v) is 5.86. The molecule has 0 fully saturated rings. The minimum Gasteiger partial charge on any atom is -0.449 e. The van der Waals surface area contributed by atoms with Gasteiger partial charge in [-0.3, -0.25) is 4.79 Å². The third-order valence-corrected chi connectivity index (χ3v) is 2.73. The predicted molar refractivity (Wildman–Crippen MR) is 67.3 cm³/mol. The van der Waals surface area contributed by atoms with Crippen molar-refractivity contribution in [2.45, 2.75) is 26.5 Å². The minimum absolute atomic E-state index is 0.309. The zero-order valence-corrected chi connectivity index (χ0v) is 10.7. The van der Waals surface area contributed by atoms with Gasteiger partial charge in [0.05, 0.1) is 11.1 Å². The first-order chi connectivity index (χ1) is 9.02. The molecule has 1 heterocycles. The molecule has 0 aliphatic heterocycles. The first kappa shape index (κ1) is 13.0. The van der Waals surface area contributed by atoms with E-state index >= 15 is 0 Å². The molecule has 2 aromatic rings. The Labute approximate surface area is 109 Å². The van der Waals surface area contributed by atoms with Crippen LogP contribution >= 0.6 is 0 Å². The number of amides is 1. The number of esters is 1. The summed E-state index contributed by atoms with van der Waals surface area (Å²) in [6, 6.07) is 4.92. The van der Waals surface area contributed by atoms with Crippen LogP contribution in [0.1, 0.15) is 24.2 Å². The Kier molecular flexibility index (Phi) is 3.46. The number of nitrogens with zero attached hydrogens (tertiary/aromatic N) is 3. The summed E-state index contributed by atoms with van der Waals surface area (Å²) in [7, 11) is 0. The Bertz CT molecular complexity index is 635. The summed E-state index contributed by atoms with van der Waals surface area (Å²) in [6.07, 6.45) is -0.963. The van der Waals surface area contributed by atoms with E-state index in [0.717, 1.165) is 5.52 Å². The zero-order chi connectivity index (χ0) is 14.0.